The van der Waals surface area contributed by atoms with Crippen molar-refractivity contribution in [2.45, 2.75) is 19.6 Å². The lowest BCUT2D eigenvalue weighted by atomic mass is 10.1. The van der Waals surface area contributed by atoms with Gasteiger partial charge in [-0.15, -0.1) is 0 Å². The SMILES string of the molecule is COc1cccc(COc2cc(Br)ccc2[C@@H](C)O)n1. The van der Waals surface area contributed by atoms with Crippen molar-refractivity contribution in [3.8, 4) is 11.6 Å². The monoisotopic (exact) mass is 337 g/mol. The molecule has 0 aliphatic rings. The van der Waals surface area contributed by atoms with Gasteiger partial charge >= 0.3 is 0 Å². The van der Waals surface area contributed by atoms with Crippen LogP contribution in [0.25, 0.3) is 0 Å². The van der Waals surface area contributed by atoms with E-state index in [1.54, 1.807) is 20.1 Å². The third-order valence-corrected chi connectivity index (χ3v) is 3.28. The van der Waals surface area contributed by atoms with Gasteiger partial charge in [0.15, 0.2) is 0 Å². The molecular weight excluding hydrogens is 322 g/mol. The Hall–Kier alpha value is -1.59. The number of nitrogens with zero attached hydrogens (tertiary/aromatic N) is 1. The van der Waals surface area contributed by atoms with Gasteiger partial charge in [-0.25, -0.2) is 4.98 Å². The van der Waals surface area contributed by atoms with E-state index in [2.05, 4.69) is 20.9 Å². The normalized spacial score (nSPS) is 12.0. The quantitative estimate of drug-likeness (QED) is 0.907. The maximum atomic E-state index is 9.74. The summed E-state index contributed by atoms with van der Waals surface area (Å²) < 4.78 is 11.7. The van der Waals surface area contributed by atoms with Gasteiger partial charge in [0.2, 0.25) is 5.88 Å². The number of aliphatic hydroxyl groups is 1. The number of aromatic nitrogens is 1. The molecule has 1 aromatic carbocycles. The highest BCUT2D eigenvalue weighted by Crippen LogP contribution is 2.29. The molecule has 5 heteroatoms. The first kappa shape index (κ1) is 14.8. The third kappa shape index (κ3) is 3.71. The molecule has 0 radical (unpaired) electrons. The first-order chi connectivity index (χ1) is 9.60. The molecule has 2 rings (SSSR count). The number of hydrogen-bond donors (Lipinski definition) is 1. The van der Waals surface area contributed by atoms with Gasteiger partial charge in [-0.1, -0.05) is 28.1 Å². The predicted octanol–water partition coefficient (Wildman–Crippen LogP) is 3.49. The average Bonchev–Trinajstić information content (AvgIpc) is 2.45. The predicted molar refractivity (Wildman–Crippen MR) is 79.9 cm³/mol. The Morgan fingerprint density at radius 2 is 2.10 bits per heavy atom. The van der Waals surface area contributed by atoms with Crippen LogP contribution in [-0.4, -0.2) is 17.2 Å². The number of ether oxygens (including phenoxy) is 2. The molecule has 0 bridgehead atoms. The molecule has 20 heavy (non-hydrogen) atoms. The Morgan fingerprint density at radius 3 is 2.80 bits per heavy atom. The minimum absolute atomic E-state index is 0.313. The van der Waals surface area contributed by atoms with Crippen LogP contribution >= 0.6 is 15.9 Å². The molecule has 1 aromatic heterocycles. The van der Waals surface area contributed by atoms with Gasteiger partial charge < -0.3 is 14.6 Å². The molecule has 0 fully saturated rings. The zero-order valence-corrected chi connectivity index (χ0v) is 12.9. The van der Waals surface area contributed by atoms with Crippen LogP contribution in [0.3, 0.4) is 0 Å². The number of aliphatic hydroxyl groups excluding tert-OH is 1. The molecule has 0 saturated carbocycles. The standard InChI is InChI=1S/C15H16BrNO3/c1-10(18)13-7-6-11(16)8-14(13)20-9-12-4-3-5-15(17-12)19-2/h3-8,10,18H,9H2,1-2H3/t10-/m1/s1. The fourth-order valence-electron chi connectivity index (χ4n) is 1.78. The van der Waals surface area contributed by atoms with Crippen molar-refractivity contribution in [3.63, 3.8) is 0 Å². The summed E-state index contributed by atoms with van der Waals surface area (Å²) in [6, 6.07) is 11.1. The molecular formula is C15H16BrNO3. The molecule has 0 aliphatic carbocycles. The number of methoxy groups -OCH3 is 1. The molecule has 0 aliphatic heterocycles. The maximum absolute atomic E-state index is 9.74. The van der Waals surface area contributed by atoms with Crippen molar-refractivity contribution in [2.24, 2.45) is 0 Å². The van der Waals surface area contributed by atoms with Gasteiger partial charge in [0.05, 0.1) is 18.9 Å². The van der Waals surface area contributed by atoms with E-state index in [9.17, 15) is 5.11 Å². The fraction of sp³-hybridized carbons (Fsp3) is 0.267. The third-order valence-electron chi connectivity index (χ3n) is 2.79. The van der Waals surface area contributed by atoms with Crippen molar-refractivity contribution in [2.75, 3.05) is 7.11 Å². The minimum atomic E-state index is -0.587. The van der Waals surface area contributed by atoms with E-state index in [1.807, 2.05) is 30.3 Å². The van der Waals surface area contributed by atoms with Crippen molar-refractivity contribution in [3.05, 3.63) is 52.1 Å². The Bertz CT molecular complexity index is 587. The van der Waals surface area contributed by atoms with Crippen LogP contribution in [0.2, 0.25) is 0 Å². The van der Waals surface area contributed by atoms with Crippen molar-refractivity contribution >= 4 is 15.9 Å². The van der Waals surface area contributed by atoms with Gasteiger partial charge in [0.1, 0.15) is 12.4 Å². The topological polar surface area (TPSA) is 51.6 Å². The second kappa shape index (κ2) is 6.72. The second-order valence-electron chi connectivity index (χ2n) is 4.32. The van der Waals surface area contributed by atoms with Crippen LogP contribution < -0.4 is 9.47 Å². The maximum Gasteiger partial charge on any atom is 0.213 e. The van der Waals surface area contributed by atoms with Crippen LogP contribution in [0.15, 0.2) is 40.9 Å². The summed E-state index contributed by atoms with van der Waals surface area (Å²) >= 11 is 3.40. The van der Waals surface area contributed by atoms with Gasteiger partial charge in [0.25, 0.3) is 0 Å². The average molecular weight is 338 g/mol. The second-order valence-corrected chi connectivity index (χ2v) is 5.23. The van der Waals surface area contributed by atoms with Gasteiger partial charge in [-0.05, 0) is 25.1 Å². The molecule has 1 atom stereocenters. The molecule has 0 spiro atoms. The lowest BCUT2D eigenvalue weighted by Gasteiger charge is -2.14. The summed E-state index contributed by atoms with van der Waals surface area (Å²) in [4.78, 5) is 4.28. The van der Waals surface area contributed by atoms with E-state index in [1.165, 1.54) is 0 Å². The largest absolute Gasteiger partial charge is 0.487 e. The Balaban J connectivity index is 2.15. The summed E-state index contributed by atoms with van der Waals surface area (Å²) in [6.07, 6.45) is -0.587. The molecule has 4 nitrogen and oxygen atoms in total. The highest BCUT2D eigenvalue weighted by Gasteiger charge is 2.10. The molecule has 2 aromatic rings. The number of rotatable bonds is 5. The van der Waals surface area contributed by atoms with E-state index in [4.69, 9.17) is 9.47 Å². The number of pyridine rings is 1. The number of hydrogen-bond acceptors (Lipinski definition) is 4. The van der Waals surface area contributed by atoms with Crippen LogP contribution in [0, 0.1) is 0 Å². The summed E-state index contributed by atoms with van der Waals surface area (Å²) in [5.74, 6) is 1.19. The van der Waals surface area contributed by atoms with Crippen LogP contribution in [-0.2, 0) is 6.61 Å². The molecule has 0 amide bonds. The lowest BCUT2D eigenvalue weighted by molar-refractivity contribution is 0.189. The highest BCUT2D eigenvalue weighted by atomic mass is 79.9. The van der Waals surface area contributed by atoms with Crippen LogP contribution in [0.5, 0.6) is 11.6 Å². The lowest BCUT2D eigenvalue weighted by Crippen LogP contribution is -2.03. The number of halogens is 1. The van der Waals surface area contributed by atoms with Crippen LogP contribution in [0.1, 0.15) is 24.3 Å². The highest BCUT2D eigenvalue weighted by molar-refractivity contribution is 9.10. The van der Waals surface area contributed by atoms with Crippen molar-refractivity contribution in [1.82, 2.24) is 4.98 Å². The smallest absolute Gasteiger partial charge is 0.213 e. The van der Waals surface area contributed by atoms with E-state index >= 15 is 0 Å². The fourth-order valence-corrected chi connectivity index (χ4v) is 2.12. The van der Waals surface area contributed by atoms with Crippen molar-refractivity contribution < 1.29 is 14.6 Å². The molecule has 106 valence electrons. The zero-order chi connectivity index (χ0) is 14.5. The summed E-state index contributed by atoms with van der Waals surface area (Å²) in [7, 11) is 1.58. The zero-order valence-electron chi connectivity index (χ0n) is 11.3. The van der Waals surface area contributed by atoms with Gasteiger partial charge in [0, 0.05) is 16.1 Å². The van der Waals surface area contributed by atoms with E-state index < -0.39 is 6.10 Å². The van der Waals surface area contributed by atoms with Gasteiger partial charge in [-0.2, -0.15) is 0 Å². The van der Waals surface area contributed by atoms with E-state index in [0.29, 0.717) is 18.2 Å². The Morgan fingerprint density at radius 1 is 1.30 bits per heavy atom. The molecule has 1 heterocycles. The molecule has 1 N–H and O–H groups in total. The molecule has 0 unspecified atom stereocenters. The minimum Gasteiger partial charge on any atom is -0.487 e. The van der Waals surface area contributed by atoms with Crippen molar-refractivity contribution in [1.29, 1.82) is 0 Å². The van der Waals surface area contributed by atoms with E-state index in [-0.39, 0.29) is 0 Å². The van der Waals surface area contributed by atoms with Crippen LogP contribution in [0.4, 0.5) is 0 Å². The Kier molecular flexibility index (Phi) is 4.98. The van der Waals surface area contributed by atoms with Gasteiger partial charge in [-0.3, -0.25) is 0 Å². The summed E-state index contributed by atoms with van der Waals surface area (Å²) in [5, 5.41) is 9.74. The Labute approximate surface area is 126 Å². The molecule has 0 saturated heterocycles. The van der Waals surface area contributed by atoms with E-state index in [0.717, 1.165) is 15.7 Å². The first-order valence-corrected chi connectivity index (χ1v) is 6.99. The number of benzene rings is 1. The first-order valence-electron chi connectivity index (χ1n) is 6.20. The summed E-state index contributed by atoms with van der Waals surface area (Å²) in [6.45, 7) is 2.02. The summed E-state index contributed by atoms with van der Waals surface area (Å²) in [5.41, 5.74) is 1.51.